The smallest absolute Gasteiger partial charge is 0.0755 e. The Kier molecular flexibility index (Phi) is 9.27. The summed E-state index contributed by atoms with van der Waals surface area (Å²) in [6.07, 6.45) is 0. The molecule has 0 amide bonds. The van der Waals surface area contributed by atoms with Gasteiger partial charge >= 0.3 is 0 Å². The normalized spacial score (nSPS) is 15.1. The molecule has 3 heterocycles. The molecule has 376 valence electrons. The number of hydrogen-bond acceptors (Lipinski definition) is 2. The molecular weight excluding hydrogens is 997 g/mol. The lowest BCUT2D eigenvalue weighted by Gasteiger charge is -2.39. The standard InChI is InChI=1S/C78H48N2S/c1-3-21-51(22-4-1)77(52-23-5-2-6-24-52)66-47-42-49-20-7-8-25-55(49)73(66)62-46-45-54(48-68(62)77)79(53-43-40-50(41-44-53)56-29-17-31-60-58-27-11-16-39-72(58)81-76(56)60)71-38-19-34-65-74(71)61-28-9-12-32-63(61)78(65)64-33-13-15-37-70(64)80-69-36-14-10-26-57(69)59-30-18-35-67(78)75(59)80/h1-48H. The summed E-state index contributed by atoms with van der Waals surface area (Å²) in [5, 5.41) is 7.67. The number of anilines is 3. The highest BCUT2D eigenvalue weighted by molar-refractivity contribution is 7.26. The Morgan fingerprint density at radius 2 is 0.926 bits per heavy atom. The van der Waals surface area contributed by atoms with Gasteiger partial charge in [0, 0.05) is 47.9 Å². The highest BCUT2D eigenvalue weighted by Crippen LogP contribution is 2.64. The zero-order chi connectivity index (χ0) is 53.0. The number of rotatable bonds is 6. The third-order valence-corrected chi connectivity index (χ3v) is 19.7. The van der Waals surface area contributed by atoms with E-state index in [-0.39, 0.29) is 0 Å². The Hall–Kier alpha value is -10.1. The first-order valence-corrected chi connectivity index (χ1v) is 29.0. The molecule has 2 nitrogen and oxygen atoms in total. The first-order chi connectivity index (χ1) is 40.2. The molecule has 0 fully saturated rings. The summed E-state index contributed by atoms with van der Waals surface area (Å²) in [6, 6.07) is 110. The molecule has 2 aliphatic carbocycles. The van der Waals surface area contributed by atoms with Gasteiger partial charge in [-0.2, -0.15) is 0 Å². The quantitative estimate of drug-likeness (QED) is 0.161. The lowest BCUT2D eigenvalue weighted by molar-refractivity contribution is 0.748. The number of aromatic nitrogens is 1. The van der Waals surface area contributed by atoms with E-state index in [0.29, 0.717) is 0 Å². The fraction of sp³-hybridized carbons (Fsp3) is 0.0256. The van der Waals surface area contributed by atoms with E-state index in [1.54, 1.807) is 0 Å². The van der Waals surface area contributed by atoms with E-state index < -0.39 is 10.8 Å². The van der Waals surface area contributed by atoms with E-state index in [9.17, 15) is 0 Å². The van der Waals surface area contributed by atoms with Crippen LogP contribution in [-0.4, -0.2) is 4.57 Å². The van der Waals surface area contributed by atoms with Crippen LogP contribution in [0.2, 0.25) is 0 Å². The van der Waals surface area contributed by atoms with Crippen LogP contribution in [0.3, 0.4) is 0 Å². The van der Waals surface area contributed by atoms with Gasteiger partial charge in [-0.05, 0) is 132 Å². The van der Waals surface area contributed by atoms with E-state index >= 15 is 0 Å². The molecule has 0 radical (unpaired) electrons. The summed E-state index contributed by atoms with van der Waals surface area (Å²) >= 11 is 1.89. The van der Waals surface area contributed by atoms with Gasteiger partial charge in [0.15, 0.2) is 0 Å². The first kappa shape index (κ1) is 44.9. The van der Waals surface area contributed by atoms with Crippen molar-refractivity contribution in [2.24, 2.45) is 0 Å². The molecule has 1 unspecified atom stereocenters. The van der Waals surface area contributed by atoms with E-state index in [1.807, 2.05) is 11.3 Å². The van der Waals surface area contributed by atoms with Crippen molar-refractivity contribution in [1.82, 2.24) is 4.57 Å². The molecule has 15 aromatic rings. The molecule has 0 bridgehead atoms. The second-order valence-corrected chi connectivity index (χ2v) is 23.2. The minimum atomic E-state index is -0.621. The number of para-hydroxylation sites is 3. The summed E-state index contributed by atoms with van der Waals surface area (Å²) in [5.74, 6) is 0. The molecule has 3 heteroatoms. The number of nitrogens with zero attached hydrogens (tertiary/aromatic N) is 2. The molecule has 13 aromatic carbocycles. The van der Waals surface area contributed by atoms with Crippen molar-refractivity contribution < 1.29 is 0 Å². The van der Waals surface area contributed by atoms with E-state index in [2.05, 4.69) is 301 Å². The van der Waals surface area contributed by atoms with Gasteiger partial charge in [-0.3, -0.25) is 0 Å². The SMILES string of the molecule is c1ccc(C2(c3ccccc3)c3cc(N(c4ccc(-c5cccc6c5sc5ccccc56)cc4)c4cccc5c4-c4ccccc4C54c5ccccc5-n5c6ccccc6c6cccc4c65)ccc3-c3c2ccc2ccccc32)cc1. The highest BCUT2D eigenvalue weighted by Gasteiger charge is 2.52. The van der Waals surface area contributed by atoms with Crippen molar-refractivity contribution in [1.29, 1.82) is 0 Å². The van der Waals surface area contributed by atoms with Crippen LogP contribution < -0.4 is 4.90 Å². The van der Waals surface area contributed by atoms with Crippen LogP contribution in [0.1, 0.15) is 44.5 Å². The maximum Gasteiger partial charge on any atom is 0.0755 e. The zero-order valence-electron chi connectivity index (χ0n) is 44.0. The van der Waals surface area contributed by atoms with Gasteiger partial charge in [0.25, 0.3) is 0 Å². The van der Waals surface area contributed by atoms with Gasteiger partial charge in [0.1, 0.15) is 0 Å². The summed E-state index contributed by atoms with van der Waals surface area (Å²) in [7, 11) is 0. The van der Waals surface area contributed by atoms with Crippen LogP contribution in [0.4, 0.5) is 17.1 Å². The van der Waals surface area contributed by atoms with Crippen LogP contribution in [0.15, 0.2) is 291 Å². The van der Waals surface area contributed by atoms with Crippen molar-refractivity contribution >= 4 is 81.1 Å². The predicted octanol–water partition coefficient (Wildman–Crippen LogP) is 20.5. The largest absolute Gasteiger partial charge is 0.310 e. The summed E-state index contributed by atoms with van der Waals surface area (Å²) < 4.78 is 5.16. The van der Waals surface area contributed by atoms with Crippen LogP contribution in [0, 0.1) is 0 Å². The highest BCUT2D eigenvalue weighted by atomic mass is 32.1. The molecule has 0 saturated heterocycles. The van der Waals surface area contributed by atoms with Crippen LogP contribution in [0.5, 0.6) is 0 Å². The Morgan fingerprint density at radius 3 is 1.77 bits per heavy atom. The molecule has 81 heavy (non-hydrogen) atoms. The molecule has 1 aliphatic heterocycles. The summed E-state index contributed by atoms with van der Waals surface area (Å²) in [6.45, 7) is 0. The topological polar surface area (TPSA) is 8.17 Å². The Bertz CT molecular complexity index is 5080. The van der Waals surface area contributed by atoms with Crippen LogP contribution in [0.25, 0.3) is 91.8 Å². The minimum absolute atomic E-state index is 0.614. The van der Waals surface area contributed by atoms with Gasteiger partial charge < -0.3 is 9.47 Å². The predicted molar refractivity (Wildman–Crippen MR) is 339 cm³/mol. The molecule has 1 spiro atoms. The second-order valence-electron chi connectivity index (χ2n) is 22.2. The molecule has 0 N–H and O–H groups in total. The summed E-state index contributed by atoms with van der Waals surface area (Å²) in [4.78, 5) is 2.58. The number of benzene rings is 13. The fourth-order valence-electron chi connectivity index (χ4n) is 15.4. The lowest BCUT2D eigenvalue weighted by Crippen LogP contribution is -2.33. The average molecular weight is 1050 g/mol. The second kappa shape index (κ2) is 16.7. The number of fused-ring (bicyclic) bond motifs is 20. The minimum Gasteiger partial charge on any atom is -0.310 e. The zero-order valence-corrected chi connectivity index (χ0v) is 44.8. The molecule has 1 atom stereocenters. The van der Waals surface area contributed by atoms with Gasteiger partial charge in [-0.15, -0.1) is 11.3 Å². The van der Waals surface area contributed by atoms with Gasteiger partial charge in [-0.25, -0.2) is 0 Å². The van der Waals surface area contributed by atoms with Crippen molar-refractivity contribution in [2.45, 2.75) is 10.8 Å². The molecular formula is C78H48N2S. The van der Waals surface area contributed by atoms with Gasteiger partial charge in [0.05, 0.1) is 33.2 Å². The van der Waals surface area contributed by atoms with Crippen molar-refractivity contribution in [3.05, 3.63) is 336 Å². The van der Waals surface area contributed by atoms with E-state index in [4.69, 9.17) is 0 Å². The third-order valence-electron chi connectivity index (χ3n) is 18.5. The number of hydrogen-bond donors (Lipinski definition) is 0. The van der Waals surface area contributed by atoms with E-state index in [1.165, 1.54) is 136 Å². The van der Waals surface area contributed by atoms with Crippen molar-refractivity contribution in [2.75, 3.05) is 4.90 Å². The van der Waals surface area contributed by atoms with Crippen LogP contribution >= 0.6 is 11.3 Å². The van der Waals surface area contributed by atoms with Crippen molar-refractivity contribution in [3.8, 4) is 39.1 Å². The fourth-order valence-corrected chi connectivity index (χ4v) is 16.6. The molecule has 18 rings (SSSR count). The maximum absolute atomic E-state index is 2.58. The first-order valence-electron chi connectivity index (χ1n) is 28.2. The van der Waals surface area contributed by atoms with E-state index in [0.717, 1.165) is 17.1 Å². The van der Waals surface area contributed by atoms with Crippen molar-refractivity contribution in [3.63, 3.8) is 0 Å². The Morgan fingerprint density at radius 1 is 0.333 bits per heavy atom. The molecule has 3 aliphatic rings. The lowest BCUT2D eigenvalue weighted by atomic mass is 9.65. The monoisotopic (exact) mass is 1040 g/mol. The van der Waals surface area contributed by atoms with Crippen LogP contribution in [-0.2, 0) is 10.8 Å². The Labute approximate surface area is 473 Å². The summed E-state index contributed by atoms with van der Waals surface area (Å²) in [5.41, 5.74) is 23.6. The maximum atomic E-state index is 2.58. The average Bonchev–Trinajstić information content (AvgIpc) is 2.19. The molecule has 2 aromatic heterocycles. The van der Waals surface area contributed by atoms with Gasteiger partial charge in [-0.1, -0.05) is 243 Å². The third kappa shape index (κ3) is 5.85. The Balaban J connectivity index is 0.931. The van der Waals surface area contributed by atoms with Gasteiger partial charge in [0.2, 0.25) is 0 Å². The molecule has 0 saturated carbocycles. The number of thiophene rings is 1.